The van der Waals surface area contributed by atoms with Gasteiger partial charge in [0.1, 0.15) is 0 Å². The van der Waals surface area contributed by atoms with Crippen LogP contribution in [0.5, 0.6) is 0 Å². The highest BCUT2D eigenvalue weighted by Crippen LogP contribution is 2.14. The van der Waals surface area contributed by atoms with Crippen LogP contribution < -0.4 is 16.0 Å². The molecule has 0 heterocycles. The van der Waals surface area contributed by atoms with Crippen LogP contribution in [0.2, 0.25) is 0 Å². The van der Waals surface area contributed by atoms with Crippen LogP contribution in [0.4, 0.5) is 5.69 Å². The molecule has 0 atom stereocenters. The SMILES string of the molecule is CCNc1ccc(C(=O)NCC(C)(C)C(=O)NC)cc1. The first-order chi connectivity index (χ1) is 9.40. The Morgan fingerprint density at radius 1 is 1.15 bits per heavy atom. The van der Waals surface area contributed by atoms with Gasteiger partial charge in [-0.05, 0) is 45.0 Å². The minimum atomic E-state index is -0.631. The van der Waals surface area contributed by atoms with Crippen molar-refractivity contribution in [2.75, 3.05) is 25.5 Å². The predicted molar refractivity (Wildman–Crippen MR) is 80.8 cm³/mol. The molecule has 0 fully saturated rings. The second-order valence-electron chi connectivity index (χ2n) is 5.25. The predicted octanol–water partition coefficient (Wildman–Crippen LogP) is 1.62. The zero-order chi connectivity index (χ0) is 15.2. The Bertz CT molecular complexity index is 467. The second-order valence-corrected chi connectivity index (χ2v) is 5.25. The minimum absolute atomic E-state index is 0.0970. The van der Waals surface area contributed by atoms with Gasteiger partial charge in [-0.1, -0.05) is 0 Å². The number of anilines is 1. The van der Waals surface area contributed by atoms with Crippen molar-refractivity contribution < 1.29 is 9.59 Å². The Morgan fingerprint density at radius 2 is 1.75 bits per heavy atom. The van der Waals surface area contributed by atoms with E-state index in [4.69, 9.17) is 0 Å². The monoisotopic (exact) mass is 277 g/mol. The van der Waals surface area contributed by atoms with Crippen LogP contribution in [-0.2, 0) is 4.79 Å². The lowest BCUT2D eigenvalue weighted by Crippen LogP contribution is -2.43. The van der Waals surface area contributed by atoms with Crippen molar-refractivity contribution in [2.45, 2.75) is 20.8 Å². The van der Waals surface area contributed by atoms with Crippen molar-refractivity contribution in [3.63, 3.8) is 0 Å². The number of amides is 2. The number of nitrogens with one attached hydrogen (secondary N) is 3. The van der Waals surface area contributed by atoms with Gasteiger partial charge in [0, 0.05) is 31.4 Å². The van der Waals surface area contributed by atoms with Crippen LogP contribution in [0.3, 0.4) is 0 Å². The molecule has 0 aliphatic carbocycles. The molecule has 0 unspecified atom stereocenters. The molecule has 0 spiro atoms. The Labute approximate surface area is 120 Å². The fourth-order valence-electron chi connectivity index (χ4n) is 1.77. The van der Waals surface area contributed by atoms with E-state index in [9.17, 15) is 9.59 Å². The van der Waals surface area contributed by atoms with Crippen LogP contribution >= 0.6 is 0 Å². The van der Waals surface area contributed by atoms with Crippen molar-refractivity contribution in [3.8, 4) is 0 Å². The lowest BCUT2D eigenvalue weighted by Gasteiger charge is -2.22. The van der Waals surface area contributed by atoms with Crippen molar-refractivity contribution in [2.24, 2.45) is 5.41 Å². The summed E-state index contributed by atoms with van der Waals surface area (Å²) in [5.74, 6) is -0.273. The molecule has 5 heteroatoms. The topological polar surface area (TPSA) is 70.2 Å². The lowest BCUT2D eigenvalue weighted by molar-refractivity contribution is -0.128. The van der Waals surface area contributed by atoms with Gasteiger partial charge in [-0.15, -0.1) is 0 Å². The molecule has 20 heavy (non-hydrogen) atoms. The Kier molecular flexibility index (Phi) is 5.55. The number of rotatable bonds is 6. The molecule has 0 saturated carbocycles. The molecule has 1 aromatic carbocycles. The van der Waals surface area contributed by atoms with Gasteiger partial charge in [0.2, 0.25) is 5.91 Å². The molecule has 2 amide bonds. The average molecular weight is 277 g/mol. The van der Waals surface area contributed by atoms with Crippen LogP contribution in [0.1, 0.15) is 31.1 Å². The molecule has 0 radical (unpaired) electrons. The third-order valence-corrected chi connectivity index (χ3v) is 3.06. The van der Waals surface area contributed by atoms with Crippen LogP contribution in [0, 0.1) is 5.41 Å². The van der Waals surface area contributed by atoms with Crippen molar-refractivity contribution >= 4 is 17.5 Å². The Balaban J connectivity index is 2.61. The van der Waals surface area contributed by atoms with Gasteiger partial charge in [0.05, 0.1) is 5.41 Å². The van der Waals surface area contributed by atoms with Gasteiger partial charge in [-0.25, -0.2) is 0 Å². The highest BCUT2D eigenvalue weighted by molar-refractivity contribution is 5.95. The fraction of sp³-hybridized carbons (Fsp3) is 0.467. The normalized spacial score (nSPS) is 10.8. The van der Waals surface area contributed by atoms with E-state index in [1.165, 1.54) is 0 Å². The standard InChI is InChI=1S/C15H23N3O2/c1-5-17-12-8-6-11(7-9-12)13(19)18-10-15(2,3)14(20)16-4/h6-9,17H,5,10H2,1-4H3,(H,16,20)(H,18,19). The van der Waals surface area contributed by atoms with Gasteiger partial charge < -0.3 is 16.0 Å². The molecule has 0 bridgehead atoms. The summed E-state index contributed by atoms with van der Waals surface area (Å²) in [5.41, 5.74) is 0.933. The lowest BCUT2D eigenvalue weighted by atomic mass is 9.92. The maximum Gasteiger partial charge on any atom is 0.251 e. The van der Waals surface area contributed by atoms with E-state index < -0.39 is 5.41 Å². The first-order valence-electron chi connectivity index (χ1n) is 6.75. The van der Waals surface area contributed by atoms with Crippen molar-refractivity contribution in [1.82, 2.24) is 10.6 Å². The number of carbonyl (C=O) groups excluding carboxylic acids is 2. The molecule has 1 aromatic rings. The van der Waals surface area contributed by atoms with Gasteiger partial charge in [0.15, 0.2) is 0 Å². The van der Waals surface area contributed by atoms with E-state index in [1.54, 1.807) is 33.0 Å². The number of benzene rings is 1. The van der Waals surface area contributed by atoms with Crippen molar-refractivity contribution in [1.29, 1.82) is 0 Å². The van der Waals surface area contributed by atoms with Gasteiger partial charge in [-0.3, -0.25) is 9.59 Å². The summed E-state index contributed by atoms with van der Waals surface area (Å²) < 4.78 is 0. The summed E-state index contributed by atoms with van der Waals surface area (Å²) in [4.78, 5) is 23.6. The summed E-state index contributed by atoms with van der Waals surface area (Å²) in [6.45, 7) is 6.73. The van der Waals surface area contributed by atoms with E-state index in [0.29, 0.717) is 12.1 Å². The smallest absolute Gasteiger partial charge is 0.251 e. The first kappa shape index (κ1) is 16.0. The zero-order valence-electron chi connectivity index (χ0n) is 12.5. The summed E-state index contributed by atoms with van der Waals surface area (Å²) in [6, 6.07) is 7.26. The number of carbonyl (C=O) groups is 2. The number of hydrogen-bond acceptors (Lipinski definition) is 3. The zero-order valence-corrected chi connectivity index (χ0v) is 12.5. The minimum Gasteiger partial charge on any atom is -0.385 e. The molecule has 1 rings (SSSR count). The Morgan fingerprint density at radius 3 is 2.25 bits per heavy atom. The quantitative estimate of drug-likeness (QED) is 0.740. The molecule has 0 saturated heterocycles. The number of hydrogen-bond donors (Lipinski definition) is 3. The van der Waals surface area contributed by atoms with E-state index in [1.807, 2.05) is 19.1 Å². The van der Waals surface area contributed by atoms with E-state index in [0.717, 1.165) is 12.2 Å². The third-order valence-electron chi connectivity index (χ3n) is 3.06. The molecule has 5 nitrogen and oxygen atoms in total. The van der Waals surface area contributed by atoms with E-state index in [-0.39, 0.29) is 11.8 Å². The molecule has 0 aliphatic heterocycles. The summed E-state index contributed by atoms with van der Waals surface area (Å²) in [6.07, 6.45) is 0. The molecule has 0 aliphatic rings. The molecular formula is C15H23N3O2. The van der Waals surface area contributed by atoms with E-state index in [2.05, 4.69) is 16.0 Å². The maximum atomic E-state index is 12.0. The maximum absolute atomic E-state index is 12.0. The van der Waals surface area contributed by atoms with Gasteiger partial charge in [-0.2, -0.15) is 0 Å². The summed E-state index contributed by atoms with van der Waals surface area (Å²) >= 11 is 0. The Hall–Kier alpha value is -2.04. The van der Waals surface area contributed by atoms with E-state index >= 15 is 0 Å². The first-order valence-corrected chi connectivity index (χ1v) is 6.75. The fourth-order valence-corrected chi connectivity index (χ4v) is 1.77. The van der Waals surface area contributed by atoms with Crippen LogP contribution in [-0.4, -0.2) is 32.0 Å². The highest BCUT2D eigenvalue weighted by Gasteiger charge is 2.27. The molecule has 0 aromatic heterocycles. The molecular weight excluding hydrogens is 254 g/mol. The largest absolute Gasteiger partial charge is 0.385 e. The molecule has 110 valence electrons. The summed E-state index contributed by atoms with van der Waals surface area (Å²) in [5, 5.41) is 8.55. The highest BCUT2D eigenvalue weighted by atomic mass is 16.2. The average Bonchev–Trinajstić information content (AvgIpc) is 2.45. The van der Waals surface area contributed by atoms with Crippen LogP contribution in [0.15, 0.2) is 24.3 Å². The summed E-state index contributed by atoms with van der Waals surface area (Å²) in [7, 11) is 1.59. The van der Waals surface area contributed by atoms with Gasteiger partial charge in [0.25, 0.3) is 5.91 Å². The second kappa shape index (κ2) is 6.93. The van der Waals surface area contributed by atoms with Crippen LogP contribution in [0.25, 0.3) is 0 Å². The van der Waals surface area contributed by atoms with Crippen molar-refractivity contribution in [3.05, 3.63) is 29.8 Å². The molecule has 3 N–H and O–H groups in total. The van der Waals surface area contributed by atoms with Gasteiger partial charge >= 0.3 is 0 Å². The third kappa shape index (κ3) is 4.26.